The zero-order chi connectivity index (χ0) is 22.6. The van der Waals surface area contributed by atoms with E-state index in [4.69, 9.17) is 15.2 Å². The van der Waals surface area contributed by atoms with Crippen LogP contribution >= 0.6 is 11.3 Å². The molecule has 2 heterocycles. The van der Waals surface area contributed by atoms with Gasteiger partial charge in [-0.1, -0.05) is 12.1 Å². The van der Waals surface area contributed by atoms with Crippen LogP contribution < -0.4 is 10.5 Å². The van der Waals surface area contributed by atoms with Crippen LogP contribution in [0, 0.1) is 11.3 Å². The molecule has 0 amide bonds. The second kappa shape index (κ2) is 9.15. The van der Waals surface area contributed by atoms with E-state index in [9.17, 15) is 23.3 Å². The summed E-state index contributed by atoms with van der Waals surface area (Å²) in [4.78, 5) is 28.6. The fourth-order valence-corrected chi connectivity index (χ4v) is 5.01. The van der Waals surface area contributed by atoms with Crippen LogP contribution in [0.25, 0.3) is 0 Å². The molecule has 2 aromatic rings. The van der Waals surface area contributed by atoms with Gasteiger partial charge in [0.1, 0.15) is 28.4 Å². The standard InChI is InChI=1S/C19H18N4O6S2/c1-2-28-19(25)16-13(12(9-20)17(21)30-16)10-29-15(24)7-8-22-18-11-5-3-4-6-14(11)31(26,27)23-18/h3-6H,2,7-8,10,21H2,1H3,(H,22,23). The molecule has 1 aromatic carbocycles. The molecule has 0 atom stereocenters. The third-order valence-corrected chi connectivity index (χ3v) is 6.67. The Morgan fingerprint density at radius 2 is 2.03 bits per heavy atom. The van der Waals surface area contributed by atoms with Crippen LogP contribution in [0.1, 0.15) is 39.7 Å². The summed E-state index contributed by atoms with van der Waals surface area (Å²) in [5, 5.41) is 9.42. The minimum Gasteiger partial charge on any atom is -0.462 e. The molecule has 1 aromatic heterocycles. The number of carbonyl (C=O) groups excluding carboxylic acids is 2. The first-order valence-electron chi connectivity index (χ1n) is 9.09. The Kier molecular flexibility index (Phi) is 6.57. The number of nitrogens with zero attached hydrogens (tertiary/aromatic N) is 2. The second-order valence-electron chi connectivity index (χ2n) is 6.22. The van der Waals surface area contributed by atoms with Crippen LogP contribution in [0.5, 0.6) is 0 Å². The number of nitrogens with one attached hydrogen (secondary N) is 1. The van der Waals surface area contributed by atoms with Crippen molar-refractivity contribution in [3.8, 4) is 6.07 Å². The number of amidine groups is 1. The lowest BCUT2D eigenvalue weighted by Gasteiger charge is -2.06. The number of nitrogens with two attached hydrogens (primary N) is 1. The molecular formula is C19H18N4O6S2. The highest BCUT2D eigenvalue weighted by molar-refractivity contribution is 7.90. The average Bonchev–Trinajstić information content (AvgIpc) is 3.20. The first-order valence-corrected chi connectivity index (χ1v) is 11.4. The quantitative estimate of drug-likeness (QED) is 0.586. The van der Waals surface area contributed by atoms with Gasteiger partial charge in [-0.15, -0.1) is 11.3 Å². The van der Waals surface area contributed by atoms with Gasteiger partial charge in [0.2, 0.25) is 0 Å². The Morgan fingerprint density at radius 1 is 1.29 bits per heavy atom. The van der Waals surface area contributed by atoms with E-state index in [2.05, 4.69) is 9.71 Å². The Morgan fingerprint density at radius 3 is 2.74 bits per heavy atom. The van der Waals surface area contributed by atoms with Crippen LogP contribution in [-0.4, -0.2) is 39.3 Å². The van der Waals surface area contributed by atoms with Gasteiger partial charge in [-0.25, -0.2) is 13.2 Å². The number of sulfonamides is 1. The van der Waals surface area contributed by atoms with Crippen LogP contribution in [0.15, 0.2) is 34.2 Å². The Hall–Kier alpha value is -3.43. The van der Waals surface area contributed by atoms with E-state index in [0.29, 0.717) is 5.56 Å². The lowest BCUT2D eigenvalue weighted by Crippen LogP contribution is -2.22. The Bertz CT molecular complexity index is 1210. The van der Waals surface area contributed by atoms with Gasteiger partial charge >= 0.3 is 11.9 Å². The Balaban J connectivity index is 1.64. The van der Waals surface area contributed by atoms with Gasteiger partial charge in [0.05, 0.1) is 30.0 Å². The van der Waals surface area contributed by atoms with Gasteiger partial charge in [-0.05, 0) is 19.1 Å². The largest absolute Gasteiger partial charge is 0.462 e. The number of benzene rings is 1. The van der Waals surface area contributed by atoms with Crippen LogP contribution in [0.3, 0.4) is 0 Å². The van der Waals surface area contributed by atoms with Crippen molar-refractivity contribution >= 4 is 44.1 Å². The highest BCUT2D eigenvalue weighted by Crippen LogP contribution is 2.32. The van der Waals surface area contributed by atoms with Crippen molar-refractivity contribution in [2.24, 2.45) is 4.99 Å². The molecule has 0 saturated carbocycles. The van der Waals surface area contributed by atoms with Crippen molar-refractivity contribution in [3.63, 3.8) is 0 Å². The average molecular weight is 463 g/mol. The van der Waals surface area contributed by atoms with Crippen LogP contribution in [0.2, 0.25) is 0 Å². The molecule has 1 aliphatic heterocycles. The SMILES string of the molecule is CCOC(=O)c1sc(N)c(C#N)c1COC(=O)CCN=C1NS(=O)(=O)c2ccccc21. The number of hydrogen-bond donors (Lipinski definition) is 2. The molecule has 0 bridgehead atoms. The smallest absolute Gasteiger partial charge is 0.348 e. The fraction of sp³-hybridized carbons (Fsp3) is 0.263. The molecule has 0 saturated heterocycles. The topological polar surface area (TPSA) is 161 Å². The molecule has 0 aliphatic carbocycles. The normalized spacial score (nSPS) is 15.0. The van der Waals surface area contributed by atoms with E-state index in [1.54, 1.807) is 25.1 Å². The van der Waals surface area contributed by atoms with Gasteiger partial charge in [-0.3, -0.25) is 14.5 Å². The summed E-state index contributed by atoms with van der Waals surface area (Å²) in [6, 6.07) is 8.28. The molecule has 31 heavy (non-hydrogen) atoms. The number of ether oxygens (including phenoxy) is 2. The number of rotatable bonds is 7. The lowest BCUT2D eigenvalue weighted by molar-refractivity contribution is -0.144. The maximum absolute atomic E-state index is 12.1. The van der Waals surface area contributed by atoms with Crippen molar-refractivity contribution in [3.05, 3.63) is 45.8 Å². The van der Waals surface area contributed by atoms with Gasteiger partial charge in [0.15, 0.2) is 0 Å². The molecule has 10 nitrogen and oxygen atoms in total. The molecule has 0 spiro atoms. The Labute approximate surface area is 182 Å². The first kappa shape index (κ1) is 22.3. The highest BCUT2D eigenvalue weighted by atomic mass is 32.2. The number of nitrogen functional groups attached to an aromatic ring is 1. The van der Waals surface area contributed by atoms with Crippen molar-refractivity contribution in [2.45, 2.75) is 24.8 Å². The van der Waals surface area contributed by atoms with Crippen molar-refractivity contribution < 1.29 is 27.5 Å². The number of hydrogen-bond acceptors (Lipinski definition) is 10. The molecule has 0 fully saturated rings. The predicted octanol–water partition coefficient (Wildman–Crippen LogP) is 1.55. The number of thiophene rings is 1. The second-order valence-corrected chi connectivity index (χ2v) is 8.93. The molecule has 12 heteroatoms. The molecule has 3 N–H and O–H groups in total. The number of esters is 2. The van der Waals surface area contributed by atoms with Gasteiger partial charge in [0, 0.05) is 11.1 Å². The van der Waals surface area contributed by atoms with Gasteiger partial charge in [-0.2, -0.15) is 5.26 Å². The van der Waals surface area contributed by atoms with Crippen molar-refractivity contribution in [1.82, 2.24) is 4.72 Å². The summed E-state index contributed by atoms with van der Waals surface area (Å²) in [6.07, 6.45) is -0.135. The maximum Gasteiger partial charge on any atom is 0.348 e. The van der Waals surface area contributed by atoms with E-state index in [1.807, 2.05) is 6.07 Å². The first-order chi connectivity index (χ1) is 14.8. The number of aliphatic imine (C=N–C) groups is 1. The summed E-state index contributed by atoms with van der Waals surface area (Å²) in [5.41, 5.74) is 6.47. The minimum absolute atomic E-state index is 0.0212. The molecule has 0 radical (unpaired) electrons. The third-order valence-electron chi connectivity index (χ3n) is 4.23. The number of anilines is 1. The van der Waals surface area contributed by atoms with E-state index in [1.165, 1.54) is 6.07 Å². The van der Waals surface area contributed by atoms with Crippen molar-refractivity contribution in [2.75, 3.05) is 18.9 Å². The van der Waals surface area contributed by atoms with E-state index in [0.717, 1.165) is 11.3 Å². The highest BCUT2D eigenvalue weighted by Gasteiger charge is 2.30. The van der Waals surface area contributed by atoms with E-state index < -0.39 is 22.0 Å². The lowest BCUT2D eigenvalue weighted by atomic mass is 10.1. The fourth-order valence-electron chi connectivity index (χ4n) is 2.84. The maximum atomic E-state index is 12.1. The molecule has 1 aliphatic rings. The number of carbonyl (C=O) groups is 2. The zero-order valence-corrected chi connectivity index (χ0v) is 18.0. The molecular weight excluding hydrogens is 444 g/mol. The van der Waals surface area contributed by atoms with Gasteiger partial charge < -0.3 is 15.2 Å². The number of fused-ring (bicyclic) bond motifs is 1. The van der Waals surface area contributed by atoms with E-state index in [-0.39, 0.29) is 57.9 Å². The summed E-state index contributed by atoms with van der Waals surface area (Å²) in [7, 11) is -3.66. The summed E-state index contributed by atoms with van der Waals surface area (Å²) >= 11 is 0.896. The molecule has 3 rings (SSSR count). The zero-order valence-electron chi connectivity index (χ0n) is 16.4. The van der Waals surface area contributed by atoms with Crippen LogP contribution in [0.4, 0.5) is 5.00 Å². The molecule has 0 unspecified atom stereocenters. The van der Waals surface area contributed by atoms with Crippen molar-refractivity contribution in [1.29, 1.82) is 5.26 Å². The summed E-state index contributed by atoms with van der Waals surface area (Å²) in [5.74, 6) is -1.13. The summed E-state index contributed by atoms with van der Waals surface area (Å²) in [6.45, 7) is 1.44. The minimum atomic E-state index is -3.66. The third kappa shape index (κ3) is 4.68. The molecule has 162 valence electrons. The predicted molar refractivity (Wildman–Crippen MR) is 112 cm³/mol. The van der Waals surface area contributed by atoms with Gasteiger partial charge in [0.25, 0.3) is 10.0 Å². The monoisotopic (exact) mass is 462 g/mol. The number of nitriles is 1. The van der Waals surface area contributed by atoms with Crippen LogP contribution in [-0.2, 0) is 30.9 Å². The summed E-state index contributed by atoms with van der Waals surface area (Å²) < 4.78 is 36.6. The van der Waals surface area contributed by atoms with E-state index >= 15 is 0 Å².